The van der Waals surface area contributed by atoms with E-state index in [9.17, 15) is 0 Å². The molecule has 2 fully saturated rings. The number of rotatable bonds is 1. The summed E-state index contributed by atoms with van der Waals surface area (Å²) < 4.78 is 0. The molecule has 4 nitrogen and oxygen atoms in total. The number of aromatic nitrogens is 2. The zero-order chi connectivity index (χ0) is 16.9. The molecule has 4 heteroatoms. The SMILES string of the molecule is Cc1cc2ncc(N)nc2cc1C12CCCCC1C(C)N(C)CC2. The largest absolute Gasteiger partial charge is 0.382 e. The Morgan fingerprint density at radius 1 is 1.21 bits per heavy atom. The van der Waals surface area contributed by atoms with Gasteiger partial charge in [-0.3, -0.25) is 4.98 Å². The van der Waals surface area contributed by atoms with Crippen molar-refractivity contribution in [2.45, 2.75) is 57.4 Å². The van der Waals surface area contributed by atoms with Crippen LogP contribution in [0.5, 0.6) is 0 Å². The Labute approximate surface area is 144 Å². The maximum absolute atomic E-state index is 5.88. The number of likely N-dealkylation sites (tertiary alicyclic amines) is 1. The van der Waals surface area contributed by atoms with Crippen LogP contribution in [0, 0.1) is 12.8 Å². The number of anilines is 1. The van der Waals surface area contributed by atoms with Crippen LogP contribution in [-0.4, -0.2) is 34.5 Å². The monoisotopic (exact) mass is 324 g/mol. The van der Waals surface area contributed by atoms with Gasteiger partial charge in [-0.05, 0) is 75.9 Å². The van der Waals surface area contributed by atoms with Gasteiger partial charge in [0.15, 0.2) is 0 Å². The lowest BCUT2D eigenvalue weighted by molar-refractivity contribution is 0.0226. The smallest absolute Gasteiger partial charge is 0.142 e. The zero-order valence-corrected chi connectivity index (χ0v) is 15.0. The van der Waals surface area contributed by atoms with E-state index in [0.29, 0.717) is 17.3 Å². The Morgan fingerprint density at radius 3 is 2.88 bits per heavy atom. The Morgan fingerprint density at radius 2 is 2.04 bits per heavy atom. The van der Waals surface area contributed by atoms with Crippen LogP contribution < -0.4 is 5.73 Å². The summed E-state index contributed by atoms with van der Waals surface area (Å²) in [6.45, 7) is 5.84. The molecule has 3 atom stereocenters. The summed E-state index contributed by atoms with van der Waals surface area (Å²) in [5.41, 5.74) is 10.9. The van der Waals surface area contributed by atoms with E-state index in [2.05, 4.69) is 47.9 Å². The fraction of sp³-hybridized carbons (Fsp3) is 0.600. The molecule has 1 aliphatic heterocycles. The summed E-state index contributed by atoms with van der Waals surface area (Å²) >= 11 is 0. The Kier molecular flexibility index (Phi) is 3.75. The molecule has 2 N–H and O–H groups in total. The molecule has 24 heavy (non-hydrogen) atoms. The van der Waals surface area contributed by atoms with Crippen molar-refractivity contribution in [2.24, 2.45) is 5.92 Å². The van der Waals surface area contributed by atoms with Gasteiger partial charge in [0.2, 0.25) is 0 Å². The van der Waals surface area contributed by atoms with Gasteiger partial charge in [-0.25, -0.2) is 4.98 Å². The minimum absolute atomic E-state index is 0.300. The van der Waals surface area contributed by atoms with Crippen LogP contribution in [0.2, 0.25) is 0 Å². The van der Waals surface area contributed by atoms with Gasteiger partial charge >= 0.3 is 0 Å². The van der Waals surface area contributed by atoms with Gasteiger partial charge in [0.25, 0.3) is 0 Å². The molecule has 0 spiro atoms. The summed E-state index contributed by atoms with van der Waals surface area (Å²) in [4.78, 5) is 11.6. The van der Waals surface area contributed by atoms with E-state index in [4.69, 9.17) is 5.73 Å². The quantitative estimate of drug-likeness (QED) is 0.869. The van der Waals surface area contributed by atoms with Crippen molar-refractivity contribution in [1.29, 1.82) is 0 Å². The predicted octanol–water partition coefficient (Wildman–Crippen LogP) is 3.67. The third kappa shape index (κ3) is 2.31. The van der Waals surface area contributed by atoms with Gasteiger partial charge in [-0.15, -0.1) is 0 Å². The molecule has 1 aliphatic carbocycles. The average molecular weight is 324 g/mol. The highest BCUT2D eigenvalue weighted by Gasteiger charge is 2.48. The topological polar surface area (TPSA) is 55.0 Å². The standard InChI is InChI=1S/C20H28N4/c1-13-10-17-18(23-19(21)12-22-17)11-16(13)20-7-5-4-6-15(20)14(2)24(3)9-8-20/h10-12,14-15H,4-9H2,1-3H3,(H2,21,23). The van der Waals surface area contributed by atoms with E-state index < -0.39 is 0 Å². The minimum Gasteiger partial charge on any atom is -0.382 e. The fourth-order valence-electron chi connectivity index (χ4n) is 5.35. The van der Waals surface area contributed by atoms with Gasteiger partial charge < -0.3 is 10.6 Å². The number of piperidine rings is 1. The Bertz CT molecular complexity index is 772. The first-order valence-electron chi connectivity index (χ1n) is 9.25. The summed E-state index contributed by atoms with van der Waals surface area (Å²) in [6, 6.07) is 5.14. The van der Waals surface area contributed by atoms with Crippen molar-refractivity contribution in [3.05, 3.63) is 29.5 Å². The molecule has 0 bridgehead atoms. The number of aryl methyl sites for hydroxylation is 1. The molecule has 0 radical (unpaired) electrons. The molecule has 1 aromatic carbocycles. The third-order valence-electron chi connectivity index (χ3n) is 6.73. The lowest BCUT2D eigenvalue weighted by atomic mass is 9.56. The van der Waals surface area contributed by atoms with Crippen LogP contribution in [0.25, 0.3) is 11.0 Å². The van der Waals surface area contributed by atoms with Gasteiger partial charge in [0, 0.05) is 11.5 Å². The lowest BCUT2D eigenvalue weighted by Crippen LogP contribution is -2.55. The lowest BCUT2D eigenvalue weighted by Gasteiger charge is -2.54. The van der Waals surface area contributed by atoms with E-state index in [1.54, 1.807) is 6.20 Å². The highest BCUT2D eigenvalue weighted by molar-refractivity contribution is 5.78. The molecule has 1 saturated heterocycles. The van der Waals surface area contributed by atoms with Gasteiger partial charge in [-0.2, -0.15) is 0 Å². The van der Waals surface area contributed by atoms with Crippen LogP contribution in [0.15, 0.2) is 18.3 Å². The Hall–Kier alpha value is -1.68. The third-order valence-corrected chi connectivity index (χ3v) is 6.73. The molecule has 2 aliphatic rings. The van der Waals surface area contributed by atoms with Crippen molar-refractivity contribution in [3.8, 4) is 0 Å². The molecule has 4 rings (SSSR count). The molecular formula is C20H28N4. The number of nitrogens with two attached hydrogens (primary N) is 1. The molecule has 0 amide bonds. The van der Waals surface area contributed by atoms with Gasteiger partial charge in [0.05, 0.1) is 17.2 Å². The van der Waals surface area contributed by atoms with Crippen LogP contribution in [0.1, 0.15) is 50.2 Å². The van der Waals surface area contributed by atoms with Gasteiger partial charge in [0.1, 0.15) is 5.82 Å². The second-order valence-corrected chi connectivity index (χ2v) is 7.93. The number of hydrogen-bond donors (Lipinski definition) is 1. The van der Waals surface area contributed by atoms with Crippen LogP contribution >= 0.6 is 0 Å². The highest BCUT2D eigenvalue weighted by Crippen LogP contribution is 2.52. The molecule has 1 aromatic heterocycles. The molecule has 128 valence electrons. The van der Waals surface area contributed by atoms with Crippen LogP contribution in [0.3, 0.4) is 0 Å². The van der Waals surface area contributed by atoms with E-state index in [1.807, 2.05) is 0 Å². The number of hydrogen-bond acceptors (Lipinski definition) is 4. The molecule has 1 saturated carbocycles. The van der Waals surface area contributed by atoms with E-state index in [0.717, 1.165) is 17.0 Å². The molecule has 3 unspecified atom stereocenters. The first kappa shape index (κ1) is 15.8. The van der Waals surface area contributed by atoms with Crippen molar-refractivity contribution in [1.82, 2.24) is 14.9 Å². The highest BCUT2D eigenvalue weighted by atomic mass is 15.1. The number of nitrogens with zero attached hydrogens (tertiary/aromatic N) is 3. The van der Waals surface area contributed by atoms with Crippen molar-refractivity contribution in [3.63, 3.8) is 0 Å². The average Bonchev–Trinajstić information content (AvgIpc) is 2.58. The minimum atomic E-state index is 0.300. The van der Waals surface area contributed by atoms with E-state index >= 15 is 0 Å². The maximum Gasteiger partial charge on any atom is 0.142 e. The van der Waals surface area contributed by atoms with Crippen LogP contribution in [-0.2, 0) is 5.41 Å². The summed E-state index contributed by atoms with van der Waals surface area (Å²) in [6.07, 6.45) is 8.25. The Balaban J connectivity index is 1.88. The molecule has 2 heterocycles. The first-order valence-corrected chi connectivity index (χ1v) is 9.25. The zero-order valence-electron chi connectivity index (χ0n) is 15.0. The summed E-state index contributed by atoms with van der Waals surface area (Å²) in [5.74, 6) is 1.24. The molecule has 2 aromatic rings. The fourth-order valence-corrected chi connectivity index (χ4v) is 5.35. The van der Waals surface area contributed by atoms with Gasteiger partial charge in [-0.1, -0.05) is 12.8 Å². The number of benzene rings is 1. The predicted molar refractivity (Wildman–Crippen MR) is 99.0 cm³/mol. The first-order chi connectivity index (χ1) is 11.5. The van der Waals surface area contributed by atoms with Crippen LogP contribution in [0.4, 0.5) is 5.82 Å². The summed E-state index contributed by atoms with van der Waals surface area (Å²) in [5, 5.41) is 0. The normalized spacial score (nSPS) is 31.1. The van der Waals surface area contributed by atoms with Crippen molar-refractivity contribution in [2.75, 3.05) is 19.3 Å². The second-order valence-electron chi connectivity index (χ2n) is 7.93. The van der Waals surface area contributed by atoms with E-state index in [1.165, 1.54) is 49.8 Å². The number of nitrogen functional groups attached to an aromatic ring is 1. The van der Waals surface area contributed by atoms with E-state index in [-0.39, 0.29) is 0 Å². The number of fused-ring (bicyclic) bond motifs is 2. The maximum atomic E-state index is 5.88. The molecular weight excluding hydrogens is 296 g/mol. The second kappa shape index (κ2) is 5.69. The van der Waals surface area contributed by atoms with Crippen molar-refractivity contribution >= 4 is 16.9 Å². The van der Waals surface area contributed by atoms with Crippen molar-refractivity contribution < 1.29 is 0 Å². The summed E-state index contributed by atoms with van der Waals surface area (Å²) in [7, 11) is 2.28.